The van der Waals surface area contributed by atoms with E-state index in [-0.39, 0.29) is 24.5 Å². The highest BCUT2D eigenvalue weighted by Gasteiger charge is 2.34. The zero-order chi connectivity index (χ0) is 21.2. The molecular weight excluding hydrogens is 415 g/mol. The molecule has 2 aromatic rings. The lowest BCUT2D eigenvalue weighted by Crippen LogP contribution is -2.31. The number of fused-ring (bicyclic) bond motifs is 1. The Labute approximate surface area is 166 Å². The summed E-state index contributed by atoms with van der Waals surface area (Å²) in [5.41, 5.74) is -0.534. The van der Waals surface area contributed by atoms with Crippen molar-refractivity contribution in [3.63, 3.8) is 0 Å². The molecule has 0 saturated carbocycles. The number of benzene rings is 1. The molecule has 11 heteroatoms. The van der Waals surface area contributed by atoms with Gasteiger partial charge in [-0.3, -0.25) is 9.59 Å². The molecule has 0 spiro atoms. The van der Waals surface area contributed by atoms with Crippen molar-refractivity contribution in [3.05, 3.63) is 47.4 Å². The van der Waals surface area contributed by atoms with Crippen LogP contribution >= 0.6 is 11.8 Å². The van der Waals surface area contributed by atoms with Gasteiger partial charge in [-0.15, -0.1) is 11.8 Å². The maximum Gasteiger partial charge on any atom is 0.416 e. The van der Waals surface area contributed by atoms with Crippen LogP contribution in [0.15, 0.2) is 39.8 Å². The summed E-state index contributed by atoms with van der Waals surface area (Å²) in [4.78, 5) is 36.2. The van der Waals surface area contributed by atoms with Crippen molar-refractivity contribution in [1.29, 1.82) is 0 Å². The van der Waals surface area contributed by atoms with E-state index in [1.54, 1.807) is 0 Å². The Morgan fingerprint density at radius 3 is 2.72 bits per heavy atom. The third-order valence-electron chi connectivity index (χ3n) is 3.98. The summed E-state index contributed by atoms with van der Waals surface area (Å²) < 4.78 is 53.0. The Morgan fingerprint density at radius 1 is 1.28 bits per heavy atom. The first-order valence-corrected chi connectivity index (χ1v) is 9.06. The van der Waals surface area contributed by atoms with Crippen molar-refractivity contribution in [3.8, 4) is 0 Å². The number of hydrogen-bond acceptors (Lipinski definition) is 7. The number of anilines is 1. The predicted octanol–water partition coefficient (Wildman–Crippen LogP) is 3.63. The minimum atomic E-state index is -4.53. The molecule has 1 N–H and O–H groups in total. The molecule has 0 aliphatic carbocycles. The van der Waals surface area contributed by atoms with Crippen LogP contribution in [0, 0.1) is 0 Å². The molecule has 1 aliphatic rings. The number of amides is 1. The van der Waals surface area contributed by atoms with Crippen LogP contribution in [-0.4, -0.2) is 30.2 Å². The Morgan fingerprint density at radius 2 is 2.03 bits per heavy atom. The van der Waals surface area contributed by atoms with Crippen molar-refractivity contribution in [1.82, 2.24) is 0 Å². The SMILES string of the molecule is COC(=O)c1occc1COC(=O)CC1Sc2ccc(C(F)(F)F)cc2NC1=O. The van der Waals surface area contributed by atoms with Crippen LogP contribution in [0.1, 0.15) is 28.1 Å². The minimum absolute atomic E-state index is 0.0422. The molecule has 1 unspecified atom stereocenters. The highest BCUT2D eigenvalue weighted by molar-refractivity contribution is 8.01. The van der Waals surface area contributed by atoms with Gasteiger partial charge in [0, 0.05) is 10.5 Å². The van der Waals surface area contributed by atoms with E-state index >= 15 is 0 Å². The quantitative estimate of drug-likeness (QED) is 0.726. The van der Waals surface area contributed by atoms with Gasteiger partial charge in [0.2, 0.25) is 11.7 Å². The topological polar surface area (TPSA) is 94.8 Å². The third-order valence-corrected chi connectivity index (χ3v) is 5.26. The Bertz CT molecular complexity index is 955. The van der Waals surface area contributed by atoms with Crippen LogP contribution in [0.2, 0.25) is 0 Å². The molecule has 154 valence electrons. The Kier molecular flexibility index (Phi) is 5.87. The average Bonchev–Trinajstić information content (AvgIpc) is 3.14. The number of halogens is 3. The zero-order valence-corrected chi connectivity index (χ0v) is 15.7. The van der Waals surface area contributed by atoms with E-state index in [2.05, 4.69) is 10.1 Å². The van der Waals surface area contributed by atoms with Gasteiger partial charge in [-0.25, -0.2) is 4.79 Å². The largest absolute Gasteiger partial charge is 0.463 e. The Balaban J connectivity index is 1.61. The number of carbonyl (C=O) groups is 3. The summed E-state index contributed by atoms with van der Waals surface area (Å²) in [6, 6.07) is 4.44. The number of carbonyl (C=O) groups excluding carboxylic acids is 3. The second-order valence-electron chi connectivity index (χ2n) is 5.94. The molecule has 1 amide bonds. The normalized spacial score (nSPS) is 16.0. The fourth-order valence-corrected chi connectivity index (χ4v) is 3.63. The van der Waals surface area contributed by atoms with Crippen molar-refractivity contribution >= 4 is 35.3 Å². The minimum Gasteiger partial charge on any atom is -0.463 e. The molecule has 7 nitrogen and oxygen atoms in total. The van der Waals surface area contributed by atoms with Gasteiger partial charge in [-0.2, -0.15) is 13.2 Å². The van der Waals surface area contributed by atoms with E-state index in [4.69, 9.17) is 9.15 Å². The van der Waals surface area contributed by atoms with Gasteiger partial charge in [-0.05, 0) is 24.3 Å². The molecule has 1 aliphatic heterocycles. The van der Waals surface area contributed by atoms with Gasteiger partial charge in [-0.1, -0.05) is 0 Å². The van der Waals surface area contributed by atoms with Crippen LogP contribution in [0.4, 0.5) is 18.9 Å². The maximum atomic E-state index is 12.8. The van der Waals surface area contributed by atoms with Crippen molar-refractivity contribution in [2.75, 3.05) is 12.4 Å². The van der Waals surface area contributed by atoms with Crippen molar-refractivity contribution in [2.24, 2.45) is 0 Å². The second kappa shape index (κ2) is 8.19. The van der Waals surface area contributed by atoms with Crippen molar-refractivity contribution < 1.29 is 41.4 Å². The van der Waals surface area contributed by atoms with E-state index in [1.807, 2.05) is 0 Å². The standard InChI is InChI=1S/C18H14F3NO6S/c1-26-17(25)15-9(4-5-27-15)8-28-14(23)7-13-16(24)22-11-6-10(18(19,20)21)2-3-12(11)29-13/h2-6,13H,7-8H2,1H3,(H,22,24). The predicted molar refractivity (Wildman–Crippen MR) is 94.2 cm³/mol. The monoisotopic (exact) mass is 429 g/mol. The van der Waals surface area contributed by atoms with E-state index in [1.165, 1.54) is 25.5 Å². The molecule has 2 heterocycles. The lowest BCUT2D eigenvalue weighted by Gasteiger charge is -2.24. The van der Waals surface area contributed by atoms with Gasteiger partial charge < -0.3 is 19.2 Å². The number of esters is 2. The third kappa shape index (κ3) is 4.73. The van der Waals surface area contributed by atoms with Crippen molar-refractivity contribution in [2.45, 2.75) is 29.3 Å². The number of thioether (sulfide) groups is 1. The summed E-state index contributed by atoms with van der Waals surface area (Å²) in [5.74, 6) is -2.14. The summed E-state index contributed by atoms with van der Waals surface area (Å²) in [7, 11) is 1.18. The molecule has 0 saturated heterocycles. The lowest BCUT2D eigenvalue weighted by molar-refractivity contribution is -0.145. The van der Waals surface area contributed by atoms with E-state index in [0.717, 1.165) is 23.9 Å². The Hall–Kier alpha value is -2.95. The second-order valence-corrected chi connectivity index (χ2v) is 7.18. The molecular formula is C18H14F3NO6S. The average molecular weight is 429 g/mol. The number of alkyl halides is 3. The van der Waals surface area contributed by atoms with Gasteiger partial charge in [0.15, 0.2) is 0 Å². The molecule has 1 aromatic carbocycles. The van der Waals surface area contributed by atoms with E-state index < -0.39 is 34.8 Å². The number of nitrogens with one attached hydrogen (secondary N) is 1. The summed E-state index contributed by atoms with van der Waals surface area (Å²) in [6.45, 7) is -0.260. The van der Waals surface area contributed by atoms with E-state index in [9.17, 15) is 27.6 Å². The maximum absolute atomic E-state index is 12.8. The number of hydrogen-bond donors (Lipinski definition) is 1. The van der Waals surface area contributed by atoms with Gasteiger partial charge in [0.1, 0.15) is 6.61 Å². The van der Waals surface area contributed by atoms with Crippen LogP contribution in [0.25, 0.3) is 0 Å². The molecule has 1 atom stereocenters. The van der Waals surface area contributed by atoms with Crippen LogP contribution < -0.4 is 5.32 Å². The summed E-state index contributed by atoms with van der Waals surface area (Å²) in [6.07, 6.45) is -3.59. The summed E-state index contributed by atoms with van der Waals surface area (Å²) in [5, 5.41) is 1.52. The fraction of sp³-hybridized carbons (Fsp3) is 0.278. The van der Waals surface area contributed by atoms with Gasteiger partial charge in [0.05, 0.1) is 36.3 Å². The van der Waals surface area contributed by atoms with Gasteiger partial charge in [0.25, 0.3) is 0 Å². The smallest absolute Gasteiger partial charge is 0.416 e. The lowest BCUT2D eigenvalue weighted by atomic mass is 10.1. The number of methoxy groups -OCH3 is 1. The first-order valence-electron chi connectivity index (χ1n) is 8.18. The first kappa shape index (κ1) is 20.8. The first-order chi connectivity index (χ1) is 13.7. The van der Waals surface area contributed by atoms with Crippen LogP contribution in [0.3, 0.4) is 0 Å². The summed E-state index contributed by atoms with van der Waals surface area (Å²) >= 11 is 0.975. The number of furan rings is 1. The highest BCUT2D eigenvalue weighted by atomic mass is 32.2. The zero-order valence-electron chi connectivity index (χ0n) is 14.9. The molecule has 0 fully saturated rings. The van der Waals surface area contributed by atoms with Crippen LogP contribution in [-0.2, 0) is 31.8 Å². The number of ether oxygens (including phenoxy) is 2. The molecule has 0 bridgehead atoms. The van der Waals surface area contributed by atoms with E-state index in [0.29, 0.717) is 10.5 Å². The molecule has 29 heavy (non-hydrogen) atoms. The number of rotatable bonds is 5. The van der Waals surface area contributed by atoms with Crippen LogP contribution in [0.5, 0.6) is 0 Å². The fourth-order valence-electron chi connectivity index (χ4n) is 2.55. The molecule has 3 rings (SSSR count). The highest BCUT2D eigenvalue weighted by Crippen LogP contribution is 2.40. The molecule has 0 radical (unpaired) electrons. The van der Waals surface area contributed by atoms with Gasteiger partial charge >= 0.3 is 18.1 Å². The molecule has 1 aromatic heterocycles.